The van der Waals surface area contributed by atoms with E-state index >= 15 is 0 Å². The van der Waals surface area contributed by atoms with Crippen molar-refractivity contribution in [3.8, 4) is 11.5 Å². The zero-order valence-corrected chi connectivity index (χ0v) is 16.8. The van der Waals surface area contributed by atoms with Gasteiger partial charge in [-0.2, -0.15) is 4.99 Å². The summed E-state index contributed by atoms with van der Waals surface area (Å²) in [6, 6.07) is 13.5. The van der Waals surface area contributed by atoms with E-state index in [0.29, 0.717) is 34.1 Å². The maximum atomic E-state index is 12.2. The molecule has 1 heterocycles. The van der Waals surface area contributed by atoms with Crippen molar-refractivity contribution >= 4 is 40.8 Å². The fraction of sp³-hybridized carbons (Fsp3) is 0.143. The van der Waals surface area contributed by atoms with E-state index in [0.717, 1.165) is 11.8 Å². The molecule has 0 spiro atoms. The average molecular weight is 426 g/mol. The number of hydrogen-bond acceptors (Lipinski definition) is 6. The summed E-state index contributed by atoms with van der Waals surface area (Å²) < 4.78 is 10.7. The number of carboxylic acids is 1. The van der Waals surface area contributed by atoms with Gasteiger partial charge in [0.05, 0.1) is 11.5 Å². The Bertz CT molecular complexity index is 1030. The van der Waals surface area contributed by atoms with Crippen molar-refractivity contribution in [2.24, 2.45) is 4.99 Å². The number of rotatable bonds is 7. The topological polar surface area (TPSA) is 114 Å². The quantitative estimate of drug-likeness (QED) is 0.654. The van der Waals surface area contributed by atoms with Gasteiger partial charge < -0.3 is 19.9 Å². The lowest BCUT2D eigenvalue weighted by Crippen LogP contribution is -2.20. The van der Waals surface area contributed by atoms with Crippen molar-refractivity contribution < 1.29 is 29.0 Å². The maximum Gasteiger partial charge on any atom is 0.341 e. The van der Waals surface area contributed by atoms with Crippen LogP contribution in [-0.2, 0) is 9.59 Å². The Labute approximate surface area is 176 Å². The van der Waals surface area contributed by atoms with E-state index in [1.54, 1.807) is 61.5 Å². The van der Waals surface area contributed by atoms with Crippen molar-refractivity contribution in [2.45, 2.75) is 6.92 Å². The molecule has 9 heteroatoms. The molecule has 0 atom stereocenters. The van der Waals surface area contributed by atoms with Crippen LogP contribution in [0.4, 0.5) is 0 Å². The summed E-state index contributed by atoms with van der Waals surface area (Å²) >= 11 is 1.05. The van der Waals surface area contributed by atoms with E-state index in [2.05, 4.69) is 10.3 Å². The molecule has 3 rings (SSSR count). The molecule has 1 aliphatic heterocycles. The molecule has 8 nitrogen and oxygen atoms in total. The fourth-order valence-corrected chi connectivity index (χ4v) is 3.33. The third-order valence-corrected chi connectivity index (χ3v) is 4.70. The largest absolute Gasteiger partial charge is 0.490 e. The number of amidine groups is 1. The van der Waals surface area contributed by atoms with Crippen LogP contribution >= 0.6 is 11.8 Å². The number of amides is 2. The number of hydrogen-bond donors (Lipinski definition) is 2. The monoisotopic (exact) mass is 426 g/mol. The molecule has 0 aromatic heterocycles. The van der Waals surface area contributed by atoms with Crippen molar-refractivity contribution in [2.75, 3.05) is 13.2 Å². The minimum atomic E-state index is -1.10. The van der Waals surface area contributed by atoms with Crippen LogP contribution in [0.15, 0.2) is 58.4 Å². The standard InChI is InChI=1S/C21H18N2O6S/c1-2-28-16-10-13(8-9-15(16)29-12-18(24)25)11-17-20(27)23-21(30-17)22-19(26)14-6-4-3-5-7-14/h3-11H,2,12H2,1H3,(H,24,25)(H,22,23,26,27)/b17-11-. The molecule has 0 unspecified atom stereocenters. The van der Waals surface area contributed by atoms with E-state index in [9.17, 15) is 14.4 Å². The van der Waals surface area contributed by atoms with Gasteiger partial charge in [0, 0.05) is 5.56 Å². The Morgan fingerprint density at radius 2 is 1.90 bits per heavy atom. The van der Waals surface area contributed by atoms with Crippen LogP contribution in [0.1, 0.15) is 22.8 Å². The first kappa shape index (κ1) is 21.1. The highest BCUT2D eigenvalue weighted by Gasteiger charge is 2.25. The molecule has 0 saturated carbocycles. The molecule has 2 amide bonds. The van der Waals surface area contributed by atoms with Gasteiger partial charge in [-0.05, 0) is 54.6 Å². The molecule has 2 aromatic rings. The Morgan fingerprint density at radius 3 is 2.60 bits per heavy atom. The van der Waals surface area contributed by atoms with E-state index in [1.807, 2.05) is 0 Å². The number of nitrogens with one attached hydrogen (secondary N) is 1. The molecule has 0 aliphatic carbocycles. The van der Waals surface area contributed by atoms with Crippen LogP contribution in [0, 0.1) is 0 Å². The van der Waals surface area contributed by atoms with Gasteiger partial charge in [-0.25, -0.2) is 4.79 Å². The van der Waals surface area contributed by atoms with E-state index in [-0.39, 0.29) is 11.1 Å². The number of benzene rings is 2. The number of carboxylic acid groups (broad SMARTS) is 1. The second-order valence-electron chi connectivity index (χ2n) is 5.97. The Morgan fingerprint density at radius 1 is 1.13 bits per heavy atom. The van der Waals surface area contributed by atoms with Crippen LogP contribution in [0.25, 0.3) is 6.08 Å². The van der Waals surface area contributed by atoms with Gasteiger partial charge in [0.2, 0.25) is 0 Å². The number of aliphatic carboxylic acids is 1. The predicted octanol–water partition coefficient (Wildman–Crippen LogP) is 2.95. The van der Waals surface area contributed by atoms with Crippen LogP contribution in [0.3, 0.4) is 0 Å². The average Bonchev–Trinajstić information content (AvgIpc) is 3.06. The van der Waals surface area contributed by atoms with Crippen LogP contribution in [-0.4, -0.2) is 41.3 Å². The summed E-state index contributed by atoms with van der Waals surface area (Å²) in [6.07, 6.45) is 1.62. The molecule has 2 aromatic carbocycles. The first-order chi connectivity index (χ1) is 14.5. The Kier molecular flexibility index (Phi) is 6.87. The van der Waals surface area contributed by atoms with Crippen LogP contribution in [0.2, 0.25) is 0 Å². The normalized spacial score (nSPS) is 15.8. The third-order valence-electron chi connectivity index (χ3n) is 3.79. The number of nitrogens with zero attached hydrogens (tertiary/aromatic N) is 1. The molecule has 1 fully saturated rings. The number of aliphatic imine (C=N–C) groups is 1. The van der Waals surface area contributed by atoms with Crippen molar-refractivity contribution in [3.05, 3.63) is 64.6 Å². The van der Waals surface area contributed by atoms with Crippen molar-refractivity contribution in [3.63, 3.8) is 0 Å². The Balaban J connectivity index is 1.78. The van der Waals surface area contributed by atoms with Gasteiger partial charge in [-0.3, -0.25) is 9.59 Å². The van der Waals surface area contributed by atoms with E-state index < -0.39 is 18.5 Å². The SMILES string of the molecule is CCOc1cc(/C=C2\SC(=NC(=O)c3ccccc3)NC2=O)ccc1OCC(=O)O. The van der Waals surface area contributed by atoms with Gasteiger partial charge in [0.1, 0.15) is 0 Å². The zero-order chi connectivity index (χ0) is 21.5. The highest BCUT2D eigenvalue weighted by molar-refractivity contribution is 8.18. The van der Waals surface area contributed by atoms with Gasteiger partial charge in [-0.15, -0.1) is 0 Å². The van der Waals surface area contributed by atoms with Crippen molar-refractivity contribution in [1.29, 1.82) is 0 Å². The number of carbonyl (C=O) groups is 3. The third kappa shape index (κ3) is 5.48. The lowest BCUT2D eigenvalue weighted by atomic mass is 10.2. The minimum Gasteiger partial charge on any atom is -0.490 e. The molecule has 1 aliphatic rings. The number of thioether (sulfide) groups is 1. The first-order valence-corrected chi connectivity index (χ1v) is 9.78. The second-order valence-corrected chi connectivity index (χ2v) is 7.01. The van der Waals surface area contributed by atoms with E-state index in [4.69, 9.17) is 14.6 Å². The summed E-state index contributed by atoms with van der Waals surface area (Å²) in [7, 11) is 0. The highest BCUT2D eigenvalue weighted by Crippen LogP contribution is 2.32. The molecule has 30 heavy (non-hydrogen) atoms. The molecule has 1 saturated heterocycles. The number of ether oxygens (including phenoxy) is 2. The van der Waals surface area contributed by atoms with Gasteiger partial charge in [0.15, 0.2) is 23.3 Å². The predicted molar refractivity (Wildman–Crippen MR) is 113 cm³/mol. The summed E-state index contributed by atoms with van der Waals surface area (Å²) in [5.74, 6) is -1.26. The zero-order valence-electron chi connectivity index (χ0n) is 16.0. The fourth-order valence-electron chi connectivity index (χ4n) is 2.51. The van der Waals surface area contributed by atoms with Crippen molar-refractivity contribution in [1.82, 2.24) is 5.32 Å². The molecule has 154 valence electrons. The van der Waals surface area contributed by atoms with Gasteiger partial charge in [-0.1, -0.05) is 24.3 Å². The van der Waals surface area contributed by atoms with Gasteiger partial charge >= 0.3 is 5.97 Å². The summed E-state index contributed by atoms with van der Waals surface area (Å²) in [4.78, 5) is 39.5. The molecule has 2 N–H and O–H groups in total. The van der Waals surface area contributed by atoms with Gasteiger partial charge in [0.25, 0.3) is 11.8 Å². The lowest BCUT2D eigenvalue weighted by Gasteiger charge is -2.11. The Hall–Kier alpha value is -3.59. The maximum absolute atomic E-state index is 12.2. The molecular formula is C21H18N2O6S. The highest BCUT2D eigenvalue weighted by atomic mass is 32.2. The number of carbonyl (C=O) groups excluding carboxylic acids is 2. The minimum absolute atomic E-state index is 0.201. The lowest BCUT2D eigenvalue weighted by molar-refractivity contribution is -0.139. The second kappa shape index (κ2) is 9.75. The molecule has 0 bridgehead atoms. The smallest absolute Gasteiger partial charge is 0.341 e. The molecular weight excluding hydrogens is 408 g/mol. The van der Waals surface area contributed by atoms with Crippen LogP contribution < -0.4 is 14.8 Å². The summed E-state index contributed by atoms with van der Waals surface area (Å²) in [5.41, 5.74) is 1.07. The van der Waals surface area contributed by atoms with E-state index in [1.165, 1.54) is 0 Å². The molecule has 0 radical (unpaired) electrons. The summed E-state index contributed by atoms with van der Waals surface area (Å²) in [5, 5.41) is 11.5. The summed E-state index contributed by atoms with van der Waals surface area (Å²) in [6.45, 7) is 1.66. The first-order valence-electron chi connectivity index (χ1n) is 8.96. The van der Waals surface area contributed by atoms with Crippen LogP contribution in [0.5, 0.6) is 11.5 Å².